The Morgan fingerprint density at radius 3 is 2.46 bits per heavy atom. The predicted molar refractivity (Wildman–Crippen MR) is 95.8 cm³/mol. The molecule has 0 atom stereocenters. The number of ether oxygens (including phenoxy) is 1. The molecule has 3 rings (SSSR count). The first-order chi connectivity index (χ1) is 11.8. The topological polar surface area (TPSA) is 46.0 Å². The highest BCUT2D eigenvalue weighted by molar-refractivity contribution is 5.92. The van der Waals surface area contributed by atoms with Gasteiger partial charge in [-0.1, -0.05) is 30.3 Å². The molecule has 1 amide bonds. The highest BCUT2D eigenvalue weighted by Crippen LogP contribution is 2.22. The van der Waals surface area contributed by atoms with E-state index in [1.807, 2.05) is 30.3 Å². The Morgan fingerprint density at radius 1 is 1.08 bits per heavy atom. The van der Waals surface area contributed by atoms with Gasteiger partial charge in [-0.15, -0.1) is 0 Å². The number of amides is 1. The maximum absolute atomic E-state index is 12.3. The molecule has 1 saturated heterocycles. The lowest BCUT2D eigenvalue weighted by atomic mass is 10.2. The van der Waals surface area contributed by atoms with Crippen molar-refractivity contribution >= 4 is 17.3 Å². The summed E-state index contributed by atoms with van der Waals surface area (Å²) in [6, 6.07) is 17.9. The zero-order valence-electron chi connectivity index (χ0n) is 14.0. The van der Waals surface area contributed by atoms with Crippen LogP contribution in [0, 0.1) is 0 Å². The van der Waals surface area contributed by atoms with Crippen molar-refractivity contribution in [1.82, 2.24) is 0 Å². The summed E-state index contributed by atoms with van der Waals surface area (Å²) in [6.45, 7) is 4.37. The second-order valence-electron chi connectivity index (χ2n) is 6.00. The van der Waals surface area contributed by atoms with Gasteiger partial charge in [0.1, 0.15) is 5.75 Å². The van der Waals surface area contributed by atoms with Crippen LogP contribution in [0.4, 0.5) is 11.4 Å². The van der Waals surface area contributed by atoms with Gasteiger partial charge in [-0.2, -0.15) is 0 Å². The summed E-state index contributed by atoms with van der Waals surface area (Å²) in [6.07, 6.45) is 0. The van der Waals surface area contributed by atoms with Gasteiger partial charge in [0.05, 0.1) is 39.0 Å². The fourth-order valence-electron chi connectivity index (χ4n) is 3.07. The average molecular weight is 326 g/mol. The molecule has 24 heavy (non-hydrogen) atoms. The van der Waals surface area contributed by atoms with Crippen molar-refractivity contribution in [2.75, 3.05) is 50.1 Å². The van der Waals surface area contributed by atoms with Crippen LogP contribution in [0.5, 0.6) is 5.75 Å². The van der Waals surface area contributed by atoms with Crippen molar-refractivity contribution in [3.8, 4) is 5.75 Å². The van der Waals surface area contributed by atoms with E-state index in [2.05, 4.69) is 34.5 Å². The quantitative estimate of drug-likeness (QED) is 0.863. The van der Waals surface area contributed by atoms with Crippen LogP contribution in [0.25, 0.3) is 0 Å². The molecular formula is C19H24N3O2+. The summed E-state index contributed by atoms with van der Waals surface area (Å²) in [7, 11) is 1.61. The van der Waals surface area contributed by atoms with Crippen molar-refractivity contribution in [1.29, 1.82) is 0 Å². The third kappa shape index (κ3) is 4.06. The van der Waals surface area contributed by atoms with Gasteiger partial charge in [0.25, 0.3) is 5.91 Å². The summed E-state index contributed by atoms with van der Waals surface area (Å²) in [5.41, 5.74) is 1.99. The van der Waals surface area contributed by atoms with E-state index >= 15 is 0 Å². The van der Waals surface area contributed by atoms with E-state index in [1.165, 1.54) is 10.6 Å². The second kappa shape index (κ2) is 7.84. The molecule has 2 aromatic rings. The first-order valence-corrected chi connectivity index (χ1v) is 8.32. The number of rotatable bonds is 5. The first kappa shape index (κ1) is 16.3. The molecule has 5 nitrogen and oxygen atoms in total. The lowest BCUT2D eigenvalue weighted by molar-refractivity contribution is -0.892. The zero-order valence-corrected chi connectivity index (χ0v) is 14.0. The lowest BCUT2D eigenvalue weighted by Crippen LogP contribution is -3.15. The minimum Gasteiger partial charge on any atom is -0.495 e. The summed E-state index contributed by atoms with van der Waals surface area (Å²) in [5, 5.41) is 2.95. The number of para-hydroxylation sites is 3. The van der Waals surface area contributed by atoms with Gasteiger partial charge in [0.15, 0.2) is 6.54 Å². The van der Waals surface area contributed by atoms with Gasteiger partial charge < -0.3 is 19.9 Å². The maximum Gasteiger partial charge on any atom is 0.279 e. The van der Waals surface area contributed by atoms with E-state index < -0.39 is 0 Å². The number of nitrogens with zero attached hydrogens (tertiary/aromatic N) is 1. The second-order valence-corrected chi connectivity index (χ2v) is 6.00. The standard InChI is InChI=1S/C19H23N3O2/c1-24-18-10-6-5-9-17(18)20-19(23)15-21-11-13-22(14-12-21)16-7-3-2-4-8-16/h2-10H,11-15H2,1H3,(H,20,23)/p+1. The van der Waals surface area contributed by atoms with E-state index in [4.69, 9.17) is 4.74 Å². The molecule has 5 heteroatoms. The number of hydrogen-bond donors (Lipinski definition) is 2. The van der Waals surface area contributed by atoms with Crippen molar-refractivity contribution < 1.29 is 14.4 Å². The van der Waals surface area contributed by atoms with Crippen molar-refractivity contribution in [2.24, 2.45) is 0 Å². The van der Waals surface area contributed by atoms with Gasteiger partial charge in [-0.05, 0) is 24.3 Å². The molecule has 0 saturated carbocycles. The highest BCUT2D eigenvalue weighted by Gasteiger charge is 2.22. The molecule has 0 aromatic heterocycles. The Kier molecular flexibility index (Phi) is 5.33. The molecule has 126 valence electrons. The first-order valence-electron chi connectivity index (χ1n) is 8.32. The number of carbonyl (C=O) groups excluding carboxylic acids is 1. The minimum absolute atomic E-state index is 0.0302. The number of hydrogen-bond acceptors (Lipinski definition) is 3. The normalized spacial score (nSPS) is 15.1. The molecule has 1 heterocycles. The van der Waals surface area contributed by atoms with Crippen molar-refractivity contribution in [3.05, 3.63) is 54.6 Å². The third-order valence-corrected chi connectivity index (χ3v) is 4.38. The highest BCUT2D eigenvalue weighted by atomic mass is 16.5. The lowest BCUT2D eigenvalue weighted by Gasteiger charge is -2.33. The van der Waals surface area contributed by atoms with Crippen LogP contribution in [0.2, 0.25) is 0 Å². The number of benzene rings is 2. The van der Waals surface area contributed by atoms with Gasteiger partial charge in [-0.3, -0.25) is 4.79 Å². The number of piperazine rings is 1. The fraction of sp³-hybridized carbons (Fsp3) is 0.316. The molecule has 2 N–H and O–H groups in total. The van der Waals surface area contributed by atoms with Crippen LogP contribution in [-0.2, 0) is 4.79 Å². The molecule has 2 aromatic carbocycles. The van der Waals surface area contributed by atoms with Crippen LogP contribution >= 0.6 is 0 Å². The van der Waals surface area contributed by atoms with Crippen LogP contribution in [0.3, 0.4) is 0 Å². The van der Waals surface area contributed by atoms with Gasteiger partial charge >= 0.3 is 0 Å². The Hall–Kier alpha value is -2.53. The molecule has 0 unspecified atom stereocenters. The Morgan fingerprint density at radius 2 is 1.75 bits per heavy atom. The number of anilines is 2. The third-order valence-electron chi connectivity index (χ3n) is 4.38. The van der Waals surface area contributed by atoms with Crippen molar-refractivity contribution in [2.45, 2.75) is 0 Å². The van der Waals surface area contributed by atoms with Crippen LogP contribution in [0.15, 0.2) is 54.6 Å². The largest absolute Gasteiger partial charge is 0.495 e. The molecule has 1 fully saturated rings. The monoisotopic (exact) mass is 326 g/mol. The Labute approximate surface area is 142 Å². The van der Waals surface area contributed by atoms with Crippen molar-refractivity contribution in [3.63, 3.8) is 0 Å². The van der Waals surface area contributed by atoms with Crippen LogP contribution < -0.4 is 19.9 Å². The Balaban J connectivity index is 1.50. The molecule has 0 radical (unpaired) electrons. The van der Waals surface area contributed by atoms with Crippen LogP contribution in [-0.4, -0.2) is 45.7 Å². The summed E-state index contributed by atoms with van der Waals surface area (Å²) < 4.78 is 5.27. The van der Waals surface area contributed by atoms with E-state index in [0.29, 0.717) is 12.3 Å². The predicted octanol–water partition coefficient (Wildman–Crippen LogP) is 1.04. The number of nitrogens with one attached hydrogen (secondary N) is 2. The fourth-order valence-corrected chi connectivity index (χ4v) is 3.07. The van der Waals surface area contributed by atoms with E-state index in [9.17, 15) is 4.79 Å². The van der Waals surface area contributed by atoms with E-state index in [0.717, 1.165) is 31.9 Å². The molecule has 1 aliphatic rings. The minimum atomic E-state index is 0.0302. The van der Waals surface area contributed by atoms with E-state index in [-0.39, 0.29) is 5.91 Å². The average Bonchev–Trinajstić information content (AvgIpc) is 2.63. The maximum atomic E-state index is 12.3. The molecule has 0 spiro atoms. The van der Waals surface area contributed by atoms with Gasteiger partial charge in [-0.25, -0.2) is 0 Å². The molecule has 0 aliphatic carbocycles. The van der Waals surface area contributed by atoms with Gasteiger partial charge in [0.2, 0.25) is 0 Å². The van der Waals surface area contributed by atoms with E-state index in [1.54, 1.807) is 7.11 Å². The summed E-state index contributed by atoms with van der Waals surface area (Å²) in [4.78, 5) is 16.0. The number of carbonyl (C=O) groups is 1. The molecule has 0 bridgehead atoms. The number of methoxy groups -OCH3 is 1. The Bertz CT molecular complexity index is 667. The smallest absolute Gasteiger partial charge is 0.279 e. The molecular weight excluding hydrogens is 302 g/mol. The summed E-state index contributed by atoms with van der Waals surface area (Å²) >= 11 is 0. The van der Waals surface area contributed by atoms with Gasteiger partial charge in [0, 0.05) is 5.69 Å². The molecule has 1 aliphatic heterocycles. The SMILES string of the molecule is COc1ccccc1NC(=O)C[NH+]1CCN(c2ccccc2)CC1. The number of quaternary nitrogens is 1. The van der Waals surface area contributed by atoms with Crippen LogP contribution in [0.1, 0.15) is 0 Å². The summed E-state index contributed by atoms with van der Waals surface area (Å²) in [5.74, 6) is 0.720. The zero-order chi connectivity index (χ0) is 16.8.